The number of anilines is 2. The van der Waals surface area contributed by atoms with Gasteiger partial charge in [0.25, 0.3) is 5.91 Å². The SMILES string of the molecule is CNc1ncc(F)cc1C(=O)Nc1nc(C)cc(OC)n1. The number of halogens is 1. The summed E-state index contributed by atoms with van der Waals surface area (Å²) < 4.78 is 18.2. The van der Waals surface area contributed by atoms with E-state index in [2.05, 4.69) is 25.6 Å². The molecule has 0 aromatic carbocycles. The summed E-state index contributed by atoms with van der Waals surface area (Å²) in [6.07, 6.45) is 1.02. The number of methoxy groups -OCH3 is 1. The third-order valence-corrected chi connectivity index (χ3v) is 2.60. The van der Waals surface area contributed by atoms with Gasteiger partial charge in [0.1, 0.15) is 11.6 Å². The molecule has 2 aromatic heterocycles. The van der Waals surface area contributed by atoms with Crippen LogP contribution in [-0.2, 0) is 0 Å². The number of rotatable bonds is 4. The Kier molecular flexibility index (Phi) is 4.27. The van der Waals surface area contributed by atoms with E-state index in [1.165, 1.54) is 7.11 Å². The van der Waals surface area contributed by atoms with Crippen molar-refractivity contribution in [2.45, 2.75) is 6.92 Å². The molecule has 0 radical (unpaired) electrons. The van der Waals surface area contributed by atoms with Crippen LogP contribution in [0.3, 0.4) is 0 Å². The average Bonchev–Trinajstić information content (AvgIpc) is 2.46. The number of ether oxygens (including phenoxy) is 1. The zero-order valence-electron chi connectivity index (χ0n) is 11.8. The van der Waals surface area contributed by atoms with Gasteiger partial charge < -0.3 is 10.1 Å². The molecule has 2 heterocycles. The summed E-state index contributed by atoms with van der Waals surface area (Å²) in [7, 11) is 3.05. The van der Waals surface area contributed by atoms with E-state index in [4.69, 9.17) is 4.74 Å². The number of amides is 1. The van der Waals surface area contributed by atoms with E-state index in [0.29, 0.717) is 11.6 Å². The molecule has 0 saturated heterocycles. The van der Waals surface area contributed by atoms with Gasteiger partial charge in [-0.15, -0.1) is 0 Å². The number of nitrogens with one attached hydrogen (secondary N) is 2. The third-order valence-electron chi connectivity index (χ3n) is 2.60. The van der Waals surface area contributed by atoms with Gasteiger partial charge in [-0.25, -0.2) is 14.4 Å². The third kappa shape index (κ3) is 3.41. The van der Waals surface area contributed by atoms with E-state index in [1.807, 2.05) is 0 Å². The smallest absolute Gasteiger partial charge is 0.261 e. The van der Waals surface area contributed by atoms with Gasteiger partial charge in [0.05, 0.1) is 18.9 Å². The topological polar surface area (TPSA) is 89.0 Å². The number of carbonyl (C=O) groups excluding carboxylic acids is 1. The summed E-state index contributed by atoms with van der Waals surface area (Å²) in [5.41, 5.74) is 0.685. The molecule has 0 spiro atoms. The molecule has 1 amide bonds. The van der Waals surface area contributed by atoms with Gasteiger partial charge in [0.15, 0.2) is 0 Å². The molecule has 0 aliphatic rings. The first-order chi connectivity index (χ1) is 10.0. The van der Waals surface area contributed by atoms with Crippen LogP contribution in [0.25, 0.3) is 0 Å². The second-order valence-electron chi connectivity index (χ2n) is 4.13. The van der Waals surface area contributed by atoms with Crippen LogP contribution in [-0.4, -0.2) is 35.0 Å². The van der Waals surface area contributed by atoms with Crippen LogP contribution in [0.5, 0.6) is 5.88 Å². The standard InChI is InChI=1S/C13H14FN5O2/c1-7-4-10(21-3)18-13(17-7)19-12(20)9-5-8(14)6-16-11(9)15-2/h4-6H,1-3H3,(H,15,16)(H,17,18,19,20). The average molecular weight is 291 g/mol. The number of hydrogen-bond donors (Lipinski definition) is 2. The van der Waals surface area contributed by atoms with Crippen molar-refractivity contribution in [3.8, 4) is 5.88 Å². The second kappa shape index (κ2) is 6.12. The highest BCUT2D eigenvalue weighted by atomic mass is 19.1. The lowest BCUT2D eigenvalue weighted by molar-refractivity contribution is 0.102. The quantitative estimate of drug-likeness (QED) is 0.890. The van der Waals surface area contributed by atoms with Gasteiger partial charge in [0.2, 0.25) is 11.8 Å². The Labute approximate surface area is 120 Å². The molecular formula is C13H14FN5O2. The molecule has 2 N–H and O–H groups in total. The van der Waals surface area contributed by atoms with Crippen molar-refractivity contribution in [1.82, 2.24) is 15.0 Å². The Hall–Kier alpha value is -2.77. The zero-order chi connectivity index (χ0) is 15.4. The van der Waals surface area contributed by atoms with E-state index in [9.17, 15) is 9.18 Å². The molecule has 2 rings (SSSR count). The van der Waals surface area contributed by atoms with Crippen molar-refractivity contribution in [3.05, 3.63) is 35.4 Å². The molecule has 0 bridgehead atoms. The summed E-state index contributed by atoms with van der Waals surface area (Å²) >= 11 is 0. The summed E-state index contributed by atoms with van der Waals surface area (Å²) in [6.45, 7) is 1.74. The molecule has 0 unspecified atom stereocenters. The summed E-state index contributed by atoms with van der Waals surface area (Å²) in [5, 5.41) is 5.21. The highest BCUT2D eigenvalue weighted by molar-refractivity contribution is 6.06. The Bertz CT molecular complexity index is 678. The number of aryl methyl sites for hydroxylation is 1. The maximum absolute atomic E-state index is 13.2. The van der Waals surface area contributed by atoms with E-state index in [-0.39, 0.29) is 17.3 Å². The summed E-state index contributed by atoms with van der Waals surface area (Å²) in [5.74, 6) is -0.526. The molecule has 0 fully saturated rings. The first-order valence-electron chi connectivity index (χ1n) is 6.08. The van der Waals surface area contributed by atoms with Crippen molar-refractivity contribution >= 4 is 17.7 Å². The minimum Gasteiger partial charge on any atom is -0.481 e. The van der Waals surface area contributed by atoms with Gasteiger partial charge >= 0.3 is 0 Å². The zero-order valence-corrected chi connectivity index (χ0v) is 11.8. The van der Waals surface area contributed by atoms with Crippen molar-refractivity contribution in [3.63, 3.8) is 0 Å². The normalized spacial score (nSPS) is 10.1. The highest BCUT2D eigenvalue weighted by Crippen LogP contribution is 2.16. The predicted molar refractivity (Wildman–Crippen MR) is 75.0 cm³/mol. The van der Waals surface area contributed by atoms with Crippen LogP contribution >= 0.6 is 0 Å². The molecule has 7 nitrogen and oxygen atoms in total. The first kappa shape index (κ1) is 14.6. The van der Waals surface area contributed by atoms with Crippen LogP contribution < -0.4 is 15.4 Å². The molecule has 0 aliphatic heterocycles. The van der Waals surface area contributed by atoms with Crippen LogP contribution in [0.2, 0.25) is 0 Å². The minimum absolute atomic E-state index is 0.0570. The minimum atomic E-state index is -0.609. The number of nitrogens with zero attached hydrogens (tertiary/aromatic N) is 3. The van der Waals surface area contributed by atoms with Gasteiger partial charge in [-0.05, 0) is 13.0 Å². The van der Waals surface area contributed by atoms with Gasteiger partial charge in [-0.2, -0.15) is 4.98 Å². The lowest BCUT2D eigenvalue weighted by atomic mass is 10.2. The number of carbonyl (C=O) groups is 1. The predicted octanol–water partition coefficient (Wildman–Crippen LogP) is 1.62. The number of pyridine rings is 1. The molecule has 0 aliphatic carbocycles. The van der Waals surface area contributed by atoms with Gasteiger partial charge in [0, 0.05) is 18.8 Å². The van der Waals surface area contributed by atoms with Crippen LogP contribution in [0.1, 0.15) is 16.1 Å². The summed E-state index contributed by atoms with van der Waals surface area (Å²) in [4.78, 5) is 24.0. The van der Waals surface area contributed by atoms with E-state index < -0.39 is 11.7 Å². The second-order valence-corrected chi connectivity index (χ2v) is 4.13. The molecule has 110 valence electrons. The fourth-order valence-electron chi connectivity index (χ4n) is 1.68. The Morgan fingerprint density at radius 2 is 2.10 bits per heavy atom. The van der Waals surface area contributed by atoms with Crippen molar-refractivity contribution in [1.29, 1.82) is 0 Å². The maximum atomic E-state index is 13.2. The first-order valence-corrected chi connectivity index (χ1v) is 6.08. The van der Waals surface area contributed by atoms with Crippen LogP contribution in [0.4, 0.5) is 16.2 Å². The van der Waals surface area contributed by atoms with Gasteiger partial charge in [-0.3, -0.25) is 10.1 Å². The molecule has 21 heavy (non-hydrogen) atoms. The summed E-state index contributed by atoms with van der Waals surface area (Å²) in [6, 6.07) is 2.71. The van der Waals surface area contributed by atoms with E-state index in [1.54, 1.807) is 20.0 Å². The molecule has 8 heteroatoms. The molecule has 0 saturated carbocycles. The fourth-order valence-corrected chi connectivity index (χ4v) is 1.68. The largest absolute Gasteiger partial charge is 0.481 e. The molecule has 2 aromatic rings. The van der Waals surface area contributed by atoms with Crippen molar-refractivity contribution in [2.24, 2.45) is 0 Å². The molecular weight excluding hydrogens is 277 g/mol. The highest BCUT2D eigenvalue weighted by Gasteiger charge is 2.15. The van der Waals surface area contributed by atoms with Gasteiger partial charge in [-0.1, -0.05) is 0 Å². The Morgan fingerprint density at radius 3 is 2.76 bits per heavy atom. The van der Waals surface area contributed by atoms with E-state index in [0.717, 1.165) is 12.3 Å². The van der Waals surface area contributed by atoms with E-state index >= 15 is 0 Å². The van der Waals surface area contributed by atoms with Crippen LogP contribution in [0, 0.1) is 12.7 Å². The van der Waals surface area contributed by atoms with Crippen LogP contribution in [0.15, 0.2) is 18.3 Å². The fraction of sp³-hybridized carbons (Fsp3) is 0.231. The van der Waals surface area contributed by atoms with Crippen molar-refractivity contribution in [2.75, 3.05) is 24.8 Å². The Balaban J connectivity index is 2.30. The monoisotopic (exact) mass is 291 g/mol. The molecule has 0 atom stereocenters. The lowest BCUT2D eigenvalue weighted by Gasteiger charge is -2.09. The lowest BCUT2D eigenvalue weighted by Crippen LogP contribution is -2.17. The number of aromatic nitrogens is 3. The Morgan fingerprint density at radius 1 is 1.33 bits per heavy atom. The maximum Gasteiger partial charge on any atom is 0.261 e. The number of hydrogen-bond acceptors (Lipinski definition) is 6. The van der Waals surface area contributed by atoms with Crippen molar-refractivity contribution < 1.29 is 13.9 Å².